The number of halogens is 2. The zero-order valence-corrected chi connectivity index (χ0v) is 8.82. The Balaban J connectivity index is 0. The molecule has 1 nitrogen and oxygen atoms in total. The average Bonchev–Trinajstić information content (AvgIpc) is 0.918. The van der Waals surface area contributed by atoms with Gasteiger partial charge in [0.05, 0.1) is 0 Å². The smallest absolute Gasteiger partial charge is 0.124 e. The van der Waals surface area contributed by atoms with Crippen LogP contribution in [0.4, 0.5) is 0 Å². The molecule has 0 radical (unpaired) electrons. The van der Waals surface area contributed by atoms with Gasteiger partial charge in [-0.1, -0.05) is 0 Å². The summed E-state index contributed by atoms with van der Waals surface area (Å²) in [6, 6.07) is 0. The minimum atomic E-state index is 0. The van der Waals surface area contributed by atoms with E-state index in [1.165, 1.54) is 0 Å². The maximum absolute atomic E-state index is 4.19. The van der Waals surface area contributed by atoms with Gasteiger partial charge in [-0.25, -0.2) is 1.40 Å². The van der Waals surface area contributed by atoms with Crippen LogP contribution in [-0.4, -0.2) is 0 Å². The fraction of sp³-hybridized carbons (Fsp3) is 0. The van der Waals surface area contributed by atoms with Gasteiger partial charge in [-0.05, 0) is 0 Å². The second-order valence-corrected chi connectivity index (χ2v) is 2.62. The molecule has 0 atom stereocenters. The van der Waals surface area contributed by atoms with E-state index in [9.17, 15) is 0 Å². The fourth-order valence-electron chi connectivity index (χ4n) is 0. The van der Waals surface area contributed by atoms with Crippen LogP contribution in [0.5, 0.6) is 0 Å². The largest absolute Gasteiger partial charge is 0.247 e. The Labute approximate surface area is 67.5 Å². The molecule has 0 aliphatic heterocycles. The minimum absolute atomic E-state index is 0. The van der Waals surface area contributed by atoms with Crippen LogP contribution < -0.4 is 0 Å². The van der Waals surface area contributed by atoms with Crippen molar-refractivity contribution in [2.45, 2.75) is 0 Å². The van der Waals surface area contributed by atoms with E-state index >= 15 is 0 Å². The molecule has 0 rings (SSSR count). The van der Waals surface area contributed by atoms with Gasteiger partial charge in [0, 0.05) is 21.1 Å². The first-order chi connectivity index (χ1) is 1.41. The van der Waals surface area contributed by atoms with Gasteiger partial charge in [0.15, 0.2) is 0 Å². The first kappa shape index (κ1) is 9.44. The molecule has 0 N–H and O–H groups in total. The molecule has 0 aromatic rings. The van der Waals surface area contributed by atoms with Crippen molar-refractivity contribution in [1.82, 2.24) is 0 Å². The Bertz CT molecular complexity index is 6.00. The molecular weight excluding hydrogens is 454 g/mol. The van der Waals surface area contributed by atoms with E-state index in [0.29, 0.717) is 0 Å². The van der Waals surface area contributed by atoms with Gasteiger partial charge in [0.2, 0.25) is 0 Å². The SMILES string of the molecule is IOI.[W]. The maximum Gasteiger partial charge on any atom is 0.124 e. The maximum atomic E-state index is 4.19. The van der Waals surface area contributed by atoms with Crippen LogP contribution in [0.15, 0.2) is 0 Å². The van der Waals surface area contributed by atoms with Gasteiger partial charge < -0.3 is 0 Å². The van der Waals surface area contributed by atoms with Gasteiger partial charge in [0.25, 0.3) is 0 Å². The van der Waals surface area contributed by atoms with Crippen molar-refractivity contribution in [1.29, 1.82) is 0 Å². The second-order valence-electron chi connectivity index (χ2n) is 0.0583. The normalized spacial score (nSPS) is 4.50. The van der Waals surface area contributed by atoms with Gasteiger partial charge in [0.1, 0.15) is 46.0 Å². The average molecular weight is 454 g/mol. The van der Waals surface area contributed by atoms with Crippen molar-refractivity contribution in [3.8, 4) is 0 Å². The Morgan fingerprint density at radius 3 is 1.25 bits per heavy atom. The quantitative estimate of drug-likeness (QED) is 0.508. The summed E-state index contributed by atoms with van der Waals surface area (Å²) in [5.74, 6) is 0. The van der Waals surface area contributed by atoms with Crippen molar-refractivity contribution in [2.75, 3.05) is 0 Å². The van der Waals surface area contributed by atoms with Gasteiger partial charge in [-0.3, -0.25) is 0 Å². The minimum Gasteiger partial charge on any atom is -0.247 e. The summed E-state index contributed by atoms with van der Waals surface area (Å²) in [6.45, 7) is 0. The molecule has 0 saturated heterocycles. The first-order valence-electron chi connectivity index (χ1n) is 0.309. The topological polar surface area (TPSA) is 9.23 Å². The van der Waals surface area contributed by atoms with Crippen LogP contribution in [0.3, 0.4) is 0 Å². The molecule has 0 aliphatic rings. The van der Waals surface area contributed by atoms with E-state index in [-0.39, 0.29) is 21.1 Å². The van der Waals surface area contributed by atoms with Crippen LogP contribution in [0.25, 0.3) is 0 Å². The van der Waals surface area contributed by atoms with E-state index in [4.69, 9.17) is 0 Å². The van der Waals surface area contributed by atoms with E-state index < -0.39 is 0 Å². The number of hydrogen-bond acceptors (Lipinski definition) is 1. The van der Waals surface area contributed by atoms with Crippen LogP contribution in [0.1, 0.15) is 0 Å². The van der Waals surface area contributed by atoms with Crippen molar-refractivity contribution < 1.29 is 22.5 Å². The van der Waals surface area contributed by atoms with Crippen LogP contribution in [0, 0.1) is 0 Å². The predicted octanol–water partition coefficient (Wildman–Crippen LogP) is 1.70. The summed E-state index contributed by atoms with van der Waals surface area (Å²) in [4.78, 5) is 0. The molecule has 4 heavy (non-hydrogen) atoms. The third kappa shape index (κ3) is 8.93. The van der Waals surface area contributed by atoms with Gasteiger partial charge >= 0.3 is 0 Å². The zero-order valence-electron chi connectivity index (χ0n) is 1.57. The molecular formula is I2OW. The molecule has 26 valence electrons. The van der Waals surface area contributed by atoms with Crippen molar-refractivity contribution in [2.24, 2.45) is 0 Å². The Hall–Kier alpha value is 2.11. The molecule has 0 amide bonds. The van der Waals surface area contributed by atoms with Gasteiger partial charge in [-0.2, -0.15) is 0 Å². The molecule has 0 unspecified atom stereocenters. The Morgan fingerprint density at radius 2 is 1.25 bits per heavy atom. The van der Waals surface area contributed by atoms with Crippen molar-refractivity contribution in [3.05, 3.63) is 0 Å². The molecule has 0 bridgehead atoms. The molecule has 0 saturated carbocycles. The monoisotopic (exact) mass is 454 g/mol. The summed E-state index contributed by atoms with van der Waals surface area (Å²) in [5, 5.41) is 0. The Kier molecular flexibility index (Phi) is 21.1. The molecule has 0 aromatic heterocycles. The van der Waals surface area contributed by atoms with Crippen molar-refractivity contribution >= 4 is 46.0 Å². The van der Waals surface area contributed by atoms with Crippen LogP contribution in [-0.2, 0) is 22.5 Å². The fourth-order valence-corrected chi connectivity index (χ4v) is 0. The van der Waals surface area contributed by atoms with Gasteiger partial charge in [-0.15, -0.1) is 0 Å². The molecule has 0 aromatic carbocycles. The summed E-state index contributed by atoms with van der Waals surface area (Å²) in [5.41, 5.74) is 0. The summed E-state index contributed by atoms with van der Waals surface area (Å²) >= 11 is 3.55. The van der Waals surface area contributed by atoms with Crippen LogP contribution >= 0.6 is 46.0 Å². The first-order valence-corrected chi connectivity index (χ1v) is 2.07. The summed E-state index contributed by atoms with van der Waals surface area (Å²) < 4.78 is 4.19. The second kappa shape index (κ2) is 8.92. The summed E-state index contributed by atoms with van der Waals surface area (Å²) in [6.07, 6.45) is 0. The van der Waals surface area contributed by atoms with E-state index in [1.54, 1.807) is 46.0 Å². The molecule has 0 spiro atoms. The van der Waals surface area contributed by atoms with E-state index in [0.717, 1.165) is 0 Å². The Morgan fingerprint density at radius 1 is 1.25 bits per heavy atom. The molecule has 0 heterocycles. The third-order valence-electron chi connectivity index (χ3n) is 0. The van der Waals surface area contributed by atoms with E-state index in [1.807, 2.05) is 0 Å². The zero-order chi connectivity index (χ0) is 2.71. The summed E-state index contributed by atoms with van der Waals surface area (Å²) in [7, 11) is 0. The number of hydrogen-bond donors (Lipinski definition) is 0. The van der Waals surface area contributed by atoms with E-state index in [2.05, 4.69) is 1.40 Å². The predicted molar refractivity (Wildman–Crippen MR) is 29.1 cm³/mol. The number of rotatable bonds is 0. The molecule has 4 heteroatoms. The molecule has 0 fully saturated rings. The third-order valence-corrected chi connectivity index (χ3v) is 0. The standard InChI is InChI=1S/I2O.W/c1-3-2;. The molecule has 0 aliphatic carbocycles. The van der Waals surface area contributed by atoms with Crippen LogP contribution in [0.2, 0.25) is 0 Å². The van der Waals surface area contributed by atoms with Crippen molar-refractivity contribution in [3.63, 3.8) is 0 Å².